The molecule has 1 aliphatic heterocycles. The molecule has 0 saturated carbocycles. The molecule has 3 nitrogen and oxygen atoms in total. The Kier molecular flexibility index (Phi) is 2.84. The number of hydrogen-bond donors (Lipinski definition) is 0. The minimum Gasteiger partial charge on any atom is -0.280 e. The van der Waals surface area contributed by atoms with Gasteiger partial charge < -0.3 is 0 Å². The van der Waals surface area contributed by atoms with Gasteiger partial charge in [0.05, 0.1) is 0 Å². The van der Waals surface area contributed by atoms with E-state index in [9.17, 15) is 9.59 Å². The van der Waals surface area contributed by atoms with Crippen LogP contribution in [-0.2, 0) is 9.59 Å². The van der Waals surface area contributed by atoms with Gasteiger partial charge >= 0.3 is 0 Å². The Morgan fingerprint density at radius 2 is 2.33 bits per heavy atom. The van der Waals surface area contributed by atoms with E-state index in [1.54, 1.807) is 0 Å². The predicted octanol–water partition coefficient (Wildman–Crippen LogP) is 1.32. The molecule has 0 spiro atoms. The van der Waals surface area contributed by atoms with E-state index >= 15 is 0 Å². The van der Waals surface area contributed by atoms with Crippen LogP contribution in [0.2, 0.25) is 0 Å². The maximum atomic E-state index is 11.2. The number of imide groups is 1. The largest absolute Gasteiger partial charge is 0.280 e. The second-order valence-corrected chi connectivity index (χ2v) is 3.26. The minimum absolute atomic E-state index is 0.000880. The summed E-state index contributed by atoms with van der Waals surface area (Å²) in [4.78, 5) is 23.7. The van der Waals surface area contributed by atoms with Gasteiger partial charge in [-0.25, -0.2) is 0 Å². The van der Waals surface area contributed by atoms with Crippen molar-refractivity contribution < 1.29 is 9.59 Å². The lowest BCUT2D eigenvalue weighted by molar-refractivity contribution is -0.142. The normalized spacial score (nSPS) is 23.3. The molecule has 0 radical (unpaired) electrons. The molecule has 1 fully saturated rings. The van der Waals surface area contributed by atoms with Gasteiger partial charge in [0.15, 0.2) is 0 Å². The smallest absolute Gasteiger partial charge is 0.229 e. The van der Waals surface area contributed by atoms with Crippen molar-refractivity contribution in [3.8, 4) is 0 Å². The molecule has 0 aromatic heterocycles. The van der Waals surface area contributed by atoms with Crippen LogP contribution < -0.4 is 0 Å². The van der Waals surface area contributed by atoms with E-state index in [1.165, 1.54) is 11.8 Å². The summed E-state index contributed by atoms with van der Waals surface area (Å²) >= 11 is 0. The van der Waals surface area contributed by atoms with Crippen LogP contribution in [0.5, 0.6) is 0 Å². The van der Waals surface area contributed by atoms with E-state index in [2.05, 4.69) is 6.92 Å². The number of amides is 2. The Labute approximate surface area is 72.7 Å². The van der Waals surface area contributed by atoms with Crippen molar-refractivity contribution in [3.63, 3.8) is 0 Å². The molecular formula is C9H15NO2. The lowest BCUT2D eigenvalue weighted by atomic mass is 10.1. The standard InChI is InChI=1S/C9H15NO2/c1-3-4-8-5-6-9(12)10(8)7(2)11/h8H,3-6H2,1-2H3. The van der Waals surface area contributed by atoms with Gasteiger partial charge in [-0.1, -0.05) is 13.3 Å². The highest BCUT2D eigenvalue weighted by molar-refractivity contribution is 5.96. The fourth-order valence-corrected chi connectivity index (χ4v) is 1.78. The number of carbonyl (C=O) groups excluding carboxylic acids is 2. The lowest BCUT2D eigenvalue weighted by Crippen LogP contribution is -2.36. The summed E-state index contributed by atoms with van der Waals surface area (Å²) in [5.41, 5.74) is 0. The van der Waals surface area contributed by atoms with Gasteiger partial charge in [0, 0.05) is 19.4 Å². The summed E-state index contributed by atoms with van der Waals surface area (Å²) in [6, 6.07) is 0.181. The van der Waals surface area contributed by atoms with Crippen LogP contribution in [0.3, 0.4) is 0 Å². The molecule has 68 valence electrons. The molecule has 1 rings (SSSR count). The Morgan fingerprint density at radius 1 is 1.67 bits per heavy atom. The van der Waals surface area contributed by atoms with Gasteiger partial charge in [-0.05, 0) is 12.8 Å². The number of hydrogen-bond acceptors (Lipinski definition) is 2. The van der Waals surface area contributed by atoms with E-state index in [0.717, 1.165) is 19.3 Å². The molecule has 1 saturated heterocycles. The fourth-order valence-electron chi connectivity index (χ4n) is 1.78. The van der Waals surface area contributed by atoms with Crippen LogP contribution >= 0.6 is 0 Å². The number of rotatable bonds is 2. The fraction of sp³-hybridized carbons (Fsp3) is 0.778. The van der Waals surface area contributed by atoms with Gasteiger partial charge in [0.1, 0.15) is 0 Å². The second kappa shape index (κ2) is 3.70. The third kappa shape index (κ3) is 1.65. The van der Waals surface area contributed by atoms with Crippen molar-refractivity contribution in [1.82, 2.24) is 4.90 Å². The van der Waals surface area contributed by atoms with Crippen molar-refractivity contribution in [1.29, 1.82) is 0 Å². The quantitative estimate of drug-likeness (QED) is 0.625. The van der Waals surface area contributed by atoms with Gasteiger partial charge in [-0.2, -0.15) is 0 Å². The van der Waals surface area contributed by atoms with E-state index in [4.69, 9.17) is 0 Å². The molecular weight excluding hydrogens is 154 g/mol. The molecule has 1 heterocycles. The van der Waals surface area contributed by atoms with Crippen LogP contribution in [0.1, 0.15) is 39.5 Å². The molecule has 1 unspecified atom stereocenters. The average Bonchev–Trinajstić information content (AvgIpc) is 2.32. The van der Waals surface area contributed by atoms with Crippen molar-refractivity contribution in [2.24, 2.45) is 0 Å². The summed E-state index contributed by atoms with van der Waals surface area (Å²) < 4.78 is 0. The molecule has 3 heteroatoms. The SMILES string of the molecule is CCCC1CCC(=O)N1C(C)=O. The van der Waals surface area contributed by atoms with Crippen molar-refractivity contribution in [2.45, 2.75) is 45.6 Å². The Morgan fingerprint density at radius 3 is 2.83 bits per heavy atom. The topological polar surface area (TPSA) is 37.4 Å². The molecule has 0 aliphatic carbocycles. The molecule has 0 aromatic rings. The predicted molar refractivity (Wildman–Crippen MR) is 45.5 cm³/mol. The average molecular weight is 169 g/mol. The number of carbonyl (C=O) groups is 2. The maximum Gasteiger partial charge on any atom is 0.229 e. The van der Waals surface area contributed by atoms with Crippen LogP contribution in [0.15, 0.2) is 0 Å². The summed E-state index contributed by atoms with van der Waals surface area (Å²) in [6.45, 7) is 3.53. The second-order valence-electron chi connectivity index (χ2n) is 3.26. The zero-order valence-corrected chi connectivity index (χ0v) is 7.67. The van der Waals surface area contributed by atoms with Crippen molar-refractivity contribution in [3.05, 3.63) is 0 Å². The molecule has 12 heavy (non-hydrogen) atoms. The summed E-state index contributed by atoms with van der Waals surface area (Å²) in [6.07, 6.45) is 3.38. The van der Waals surface area contributed by atoms with E-state index < -0.39 is 0 Å². The van der Waals surface area contributed by atoms with Gasteiger partial charge in [0.25, 0.3) is 0 Å². The molecule has 1 atom stereocenters. The first-order valence-corrected chi connectivity index (χ1v) is 4.49. The zero-order chi connectivity index (χ0) is 9.14. The van der Waals surface area contributed by atoms with Gasteiger partial charge in [0.2, 0.25) is 11.8 Å². The molecule has 2 amide bonds. The highest BCUT2D eigenvalue weighted by Gasteiger charge is 2.32. The van der Waals surface area contributed by atoms with Crippen molar-refractivity contribution in [2.75, 3.05) is 0 Å². The molecule has 1 aliphatic rings. The third-order valence-electron chi connectivity index (χ3n) is 2.29. The maximum absolute atomic E-state index is 11.2. The van der Waals surface area contributed by atoms with Crippen LogP contribution in [0.4, 0.5) is 0 Å². The minimum atomic E-state index is -0.101. The molecule has 0 aromatic carbocycles. The van der Waals surface area contributed by atoms with E-state index in [1.807, 2.05) is 0 Å². The number of likely N-dealkylation sites (tertiary alicyclic amines) is 1. The van der Waals surface area contributed by atoms with Gasteiger partial charge in [-0.15, -0.1) is 0 Å². The lowest BCUT2D eigenvalue weighted by Gasteiger charge is -2.20. The Bertz CT molecular complexity index is 201. The summed E-state index contributed by atoms with van der Waals surface area (Å²) in [5, 5.41) is 0. The molecule has 0 N–H and O–H groups in total. The van der Waals surface area contributed by atoms with E-state index in [-0.39, 0.29) is 17.9 Å². The summed E-state index contributed by atoms with van der Waals surface area (Å²) in [7, 11) is 0. The summed E-state index contributed by atoms with van der Waals surface area (Å²) in [5.74, 6) is -0.100. The van der Waals surface area contributed by atoms with E-state index in [0.29, 0.717) is 6.42 Å². The highest BCUT2D eigenvalue weighted by atomic mass is 16.2. The Hall–Kier alpha value is -0.860. The highest BCUT2D eigenvalue weighted by Crippen LogP contribution is 2.22. The monoisotopic (exact) mass is 169 g/mol. The first-order valence-electron chi connectivity index (χ1n) is 4.49. The van der Waals surface area contributed by atoms with Crippen molar-refractivity contribution >= 4 is 11.8 Å². The zero-order valence-electron chi connectivity index (χ0n) is 7.67. The van der Waals surface area contributed by atoms with Crippen LogP contribution in [-0.4, -0.2) is 22.8 Å². The van der Waals surface area contributed by atoms with Gasteiger partial charge in [-0.3, -0.25) is 14.5 Å². The first kappa shape index (κ1) is 9.23. The van der Waals surface area contributed by atoms with Crippen LogP contribution in [0.25, 0.3) is 0 Å². The molecule has 0 bridgehead atoms. The third-order valence-corrected chi connectivity index (χ3v) is 2.29. The first-order chi connectivity index (χ1) is 5.66. The number of nitrogens with zero attached hydrogens (tertiary/aromatic N) is 1. The Balaban J connectivity index is 2.63. The van der Waals surface area contributed by atoms with Crippen LogP contribution in [0, 0.1) is 0 Å².